The molecular formula is C25H34N4O3. The minimum atomic E-state index is 0.00323. The van der Waals surface area contributed by atoms with Gasteiger partial charge in [0.15, 0.2) is 0 Å². The summed E-state index contributed by atoms with van der Waals surface area (Å²) in [6.45, 7) is 10.6. The van der Waals surface area contributed by atoms with Gasteiger partial charge in [-0.1, -0.05) is 6.07 Å². The number of aromatic nitrogens is 2. The molecule has 0 radical (unpaired) electrons. The van der Waals surface area contributed by atoms with Crippen LogP contribution < -0.4 is 4.74 Å². The summed E-state index contributed by atoms with van der Waals surface area (Å²) >= 11 is 0. The quantitative estimate of drug-likeness (QED) is 0.661. The van der Waals surface area contributed by atoms with Crippen LogP contribution in [0.3, 0.4) is 0 Å². The van der Waals surface area contributed by atoms with Gasteiger partial charge in [0.25, 0.3) is 5.91 Å². The SMILES string of the molecule is CCN(CC)C(=O)Cc1c(C)nc(C2CCCN(C(=O)c3cccc(OC)c3)C2)nc1C. The number of aryl methyl sites for hydroxylation is 2. The van der Waals surface area contributed by atoms with Crippen LogP contribution >= 0.6 is 0 Å². The first kappa shape index (κ1) is 23.7. The highest BCUT2D eigenvalue weighted by atomic mass is 16.5. The molecule has 1 atom stereocenters. The second-order valence-electron chi connectivity index (χ2n) is 8.30. The van der Waals surface area contributed by atoms with Gasteiger partial charge < -0.3 is 14.5 Å². The molecule has 7 nitrogen and oxygen atoms in total. The van der Waals surface area contributed by atoms with Crippen molar-refractivity contribution in [2.45, 2.75) is 52.9 Å². The second-order valence-corrected chi connectivity index (χ2v) is 8.30. The minimum Gasteiger partial charge on any atom is -0.497 e. The first-order chi connectivity index (χ1) is 15.4. The van der Waals surface area contributed by atoms with Gasteiger partial charge in [0.05, 0.1) is 13.5 Å². The molecule has 0 N–H and O–H groups in total. The van der Waals surface area contributed by atoms with Crippen LogP contribution in [0.5, 0.6) is 5.75 Å². The number of benzene rings is 1. The number of hydrogen-bond acceptors (Lipinski definition) is 5. The third-order valence-electron chi connectivity index (χ3n) is 6.27. The summed E-state index contributed by atoms with van der Waals surface area (Å²) in [6.07, 6.45) is 2.17. The fourth-order valence-electron chi connectivity index (χ4n) is 4.35. The predicted molar refractivity (Wildman–Crippen MR) is 124 cm³/mol. The average Bonchev–Trinajstić information content (AvgIpc) is 2.81. The normalized spacial score (nSPS) is 16.0. The van der Waals surface area contributed by atoms with E-state index < -0.39 is 0 Å². The summed E-state index contributed by atoms with van der Waals surface area (Å²) in [5, 5.41) is 0. The van der Waals surface area contributed by atoms with Crippen molar-refractivity contribution in [2.24, 2.45) is 0 Å². The Labute approximate surface area is 190 Å². The van der Waals surface area contributed by atoms with Gasteiger partial charge in [0.2, 0.25) is 5.91 Å². The van der Waals surface area contributed by atoms with E-state index in [4.69, 9.17) is 14.7 Å². The molecule has 0 saturated carbocycles. The van der Waals surface area contributed by atoms with E-state index in [-0.39, 0.29) is 17.7 Å². The number of piperidine rings is 1. The second kappa shape index (κ2) is 10.6. The lowest BCUT2D eigenvalue weighted by Gasteiger charge is -2.32. The summed E-state index contributed by atoms with van der Waals surface area (Å²) in [5.41, 5.74) is 3.24. The van der Waals surface area contributed by atoms with Crippen molar-refractivity contribution >= 4 is 11.8 Å². The number of ether oxygens (including phenoxy) is 1. The Morgan fingerprint density at radius 3 is 2.47 bits per heavy atom. The van der Waals surface area contributed by atoms with Crippen molar-refractivity contribution in [3.8, 4) is 5.75 Å². The molecule has 1 aliphatic heterocycles. The summed E-state index contributed by atoms with van der Waals surface area (Å²) < 4.78 is 5.26. The van der Waals surface area contributed by atoms with Crippen LogP contribution in [0.25, 0.3) is 0 Å². The smallest absolute Gasteiger partial charge is 0.254 e. The van der Waals surface area contributed by atoms with Crippen LogP contribution in [-0.2, 0) is 11.2 Å². The zero-order valence-electron chi connectivity index (χ0n) is 19.9. The maximum atomic E-state index is 13.1. The number of carbonyl (C=O) groups is 2. The zero-order valence-corrected chi connectivity index (χ0v) is 19.9. The van der Waals surface area contributed by atoms with Gasteiger partial charge in [-0.25, -0.2) is 9.97 Å². The molecule has 32 heavy (non-hydrogen) atoms. The minimum absolute atomic E-state index is 0.00323. The van der Waals surface area contributed by atoms with Crippen LogP contribution in [0.1, 0.15) is 65.7 Å². The topological polar surface area (TPSA) is 75.6 Å². The first-order valence-electron chi connectivity index (χ1n) is 11.4. The Morgan fingerprint density at radius 2 is 1.84 bits per heavy atom. The summed E-state index contributed by atoms with van der Waals surface area (Å²) in [5.74, 6) is 1.63. The highest BCUT2D eigenvalue weighted by Crippen LogP contribution is 2.27. The fourth-order valence-corrected chi connectivity index (χ4v) is 4.35. The molecule has 172 valence electrons. The van der Waals surface area contributed by atoms with Crippen LogP contribution in [0, 0.1) is 13.8 Å². The lowest BCUT2D eigenvalue weighted by atomic mass is 9.95. The summed E-state index contributed by atoms with van der Waals surface area (Å²) in [6, 6.07) is 7.27. The number of amides is 2. The molecule has 1 aromatic heterocycles. The van der Waals surface area contributed by atoms with E-state index in [1.165, 1.54) is 0 Å². The monoisotopic (exact) mass is 438 g/mol. The number of hydrogen-bond donors (Lipinski definition) is 0. The van der Waals surface area contributed by atoms with Gasteiger partial charge in [-0.3, -0.25) is 9.59 Å². The lowest BCUT2D eigenvalue weighted by Crippen LogP contribution is -2.39. The van der Waals surface area contributed by atoms with Crippen molar-refractivity contribution in [3.63, 3.8) is 0 Å². The third kappa shape index (κ3) is 5.26. The van der Waals surface area contributed by atoms with E-state index in [9.17, 15) is 9.59 Å². The molecule has 1 unspecified atom stereocenters. The first-order valence-corrected chi connectivity index (χ1v) is 11.4. The molecule has 2 aromatic rings. The zero-order chi connectivity index (χ0) is 23.3. The molecule has 2 heterocycles. The average molecular weight is 439 g/mol. The summed E-state index contributed by atoms with van der Waals surface area (Å²) in [4.78, 5) is 38.9. The fraction of sp³-hybridized carbons (Fsp3) is 0.520. The standard InChI is InChI=1S/C25H34N4O3/c1-6-28(7-2)23(30)15-22-17(3)26-24(27-18(22)4)20-11-9-13-29(16-20)25(31)19-10-8-12-21(14-19)32-5/h8,10,12,14,20H,6-7,9,11,13,15-16H2,1-5H3. The Hall–Kier alpha value is -2.96. The number of likely N-dealkylation sites (tertiary alicyclic amines) is 1. The molecule has 3 rings (SSSR count). The molecule has 0 bridgehead atoms. The molecule has 0 aliphatic carbocycles. The number of rotatable bonds is 7. The largest absolute Gasteiger partial charge is 0.497 e. The highest BCUT2D eigenvalue weighted by molar-refractivity contribution is 5.94. The van der Waals surface area contributed by atoms with Gasteiger partial charge in [-0.05, 0) is 58.7 Å². The van der Waals surface area contributed by atoms with Gasteiger partial charge in [0.1, 0.15) is 11.6 Å². The van der Waals surface area contributed by atoms with Crippen LogP contribution in [0.2, 0.25) is 0 Å². The molecule has 7 heteroatoms. The Kier molecular flexibility index (Phi) is 7.83. The Bertz CT molecular complexity index is 948. The molecule has 1 saturated heterocycles. The Balaban J connectivity index is 1.76. The van der Waals surface area contributed by atoms with Crippen molar-refractivity contribution in [3.05, 3.63) is 52.6 Å². The van der Waals surface area contributed by atoms with Gasteiger partial charge >= 0.3 is 0 Å². The van der Waals surface area contributed by atoms with Crippen molar-refractivity contribution in [1.82, 2.24) is 19.8 Å². The van der Waals surface area contributed by atoms with Crippen LogP contribution in [0.4, 0.5) is 0 Å². The van der Waals surface area contributed by atoms with Gasteiger partial charge in [0, 0.05) is 54.6 Å². The molecular weight excluding hydrogens is 404 g/mol. The predicted octanol–water partition coefficient (Wildman–Crippen LogP) is 3.53. The molecule has 0 spiro atoms. The lowest BCUT2D eigenvalue weighted by molar-refractivity contribution is -0.130. The molecule has 1 fully saturated rings. The third-order valence-corrected chi connectivity index (χ3v) is 6.27. The number of carbonyl (C=O) groups excluding carboxylic acids is 2. The highest BCUT2D eigenvalue weighted by Gasteiger charge is 2.28. The number of nitrogens with zero attached hydrogens (tertiary/aromatic N) is 4. The summed E-state index contributed by atoms with van der Waals surface area (Å²) in [7, 11) is 1.60. The van der Waals surface area contributed by atoms with Crippen LogP contribution in [-0.4, -0.2) is 64.9 Å². The van der Waals surface area contributed by atoms with E-state index in [1.54, 1.807) is 13.2 Å². The van der Waals surface area contributed by atoms with Crippen molar-refractivity contribution < 1.29 is 14.3 Å². The molecule has 1 aromatic carbocycles. The molecule has 2 amide bonds. The van der Waals surface area contributed by atoms with E-state index in [0.29, 0.717) is 37.4 Å². The van der Waals surface area contributed by atoms with Gasteiger partial charge in [-0.15, -0.1) is 0 Å². The van der Waals surface area contributed by atoms with E-state index in [1.807, 2.05) is 55.7 Å². The number of methoxy groups -OCH3 is 1. The van der Waals surface area contributed by atoms with Gasteiger partial charge in [-0.2, -0.15) is 0 Å². The van der Waals surface area contributed by atoms with Crippen molar-refractivity contribution in [1.29, 1.82) is 0 Å². The number of likely N-dealkylation sites (N-methyl/N-ethyl adjacent to an activating group) is 1. The van der Waals surface area contributed by atoms with E-state index in [2.05, 4.69) is 0 Å². The van der Waals surface area contributed by atoms with E-state index >= 15 is 0 Å². The van der Waals surface area contributed by atoms with Crippen molar-refractivity contribution in [2.75, 3.05) is 33.3 Å². The Morgan fingerprint density at radius 1 is 1.16 bits per heavy atom. The maximum Gasteiger partial charge on any atom is 0.254 e. The maximum absolute atomic E-state index is 13.1. The van der Waals surface area contributed by atoms with Crippen LogP contribution in [0.15, 0.2) is 24.3 Å². The molecule has 1 aliphatic rings. The van der Waals surface area contributed by atoms with E-state index in [0.717, 1.165) is 42.2 Å².